The summed E-state index contributed by atoms with van der Waals surface area (Å²) in [6.07, 6.45) is 1.60. The van der Waals surface area contributed by atoms with Crippen LogP contribution in [0.2, 0.25) is 0 Å². The average molecular weight is 478 g/mol. The summed E-state index contributed by atoms with van der Waals surface area (Å²) in [5.41, 5.74) is 2.77. The number of thiazole rings is 1. The van der Waals surface area contributed by atoms with E-state index in [1.807, 2.05) is 30.3 Å². The zero-order valence-corrected chi connectivity index (χ0v) is 19.4. The van der Waals surface area contributed by atoms with E-state index in [0.717, 1.165) is 37.7 Å². The quantitative estimate of drug-likeness (QED) is 0.404. The minimum absolute atomic E-state index is 0.241. The minimum Gasteiger partial charge on any atom is -0.461 e. The molecule has 174 valence electrons. The number of hydrogen-bond acceptors (Lipinski definition) is 9. The molecule has 0 spiro atoms. The maximum Gasteiger partial charge on any atom is 0.367 e. The lowest BCUT2D eigenvalue weighted by molar-refractivity contribution is 0.0526. The van der Waals surface area contributed by atoms with Crippen molar-refractivity contribution in [3.8, 4) is 11.4 Å². The van der Waals surface area contributed by atoms with Gasteiger partial charge in [-0.3, -0.25) is 4.79 Å². The molecule has 34 heavy (non-hydrogen) atoms. The molecule has 0 atom stereocenters. The number of benzene rings is 1. The van der Waals surface area contributed by atoms with E-state index >= 15 is 0 Å². The molecule has 4 aromatic rings. The highest BCUT2D eigenvalue weighted by Crippen LogP contribution is 2.29. The fraction of sp³-hybridized carbons (Fsp3) is 0.250. The average Bonchev–Trinajstić information content (AvgIpc) is 3.36. The lowest BCUT2D eigenvalue weighted by Gasteiger charge is -2.28. The van der Waals surface area contributed by atoms with Crippen LogP contribution in [0.25, 0.3) is 22.2 Å². The van der Waals surface area contributed by atoms with Crippen molar-refractivity contribution in [3.63, 3.8) is 0 Å². The number of aromatic amines is 1. The van der Waals surface area contributed by atoms with Crippen molar-refractivity contribution in [1.82, 2.24) is 15.0 Å². The number of pyridine rings is 2. The highest BCUT2D eigenvalue weighted by Gasteiger charge is 2.17. The first-order chi connectivity index (χ1) is 16.6. The summed E-state index contributed by atoms with van der Waals surface area (Å²) in [5.74, 6) is -0.0474. The largest absolute Gasteiger partial charge is 0.461 e. The molecule has 0 bridgehead atoms. The van der Waals surface area contributed by atoms with Crippen LogP contribution in [0.3, 0.4) is 0 Å². The molecule has 0 amide bonds. The third kappa shape index (κ3) is 4.50. The van der Waals surface area contributed by atoms with Crippen LogP contribution in [0, 0.1) is 0 Å². The first-order valence-corrected chi connectivity index (χ1v) is 11.9. The zero-order valence-electron chi connectivity index (χ0n) is 18.5. The topological polar surface area (TPSA) is 109 Å². The molecule has 10 heteroatoms. The van der Waals surface area contributed by atoms with Crippen molar-refractivity contribution in [2.75, 3.05) is 43.1 Å². The van der Waals surface area contributed by atoms with Crippen molar-refractivity contribution in [1.29, 1.82) is 0 Å². The van der Waals surface area contributed by atoms with Crippen LogP contribution in [0.15, 0.2) is 52.8 Å². The Bertz CT molecular complexity index is 1380. The third-order valence-electron chi connectivity index (χ3n) is 5.48. The molecule has 9 nitrogen and oxygen atoms in total. The van der Waals surface area contributed by atoms with Crippen LogP contribution >= 0.6 is 11.3 Å². The number of esters is 1. The monoisotopic (exact) mass is 477 g/mol. The Morgan fingerprint density at radius 1 is 1.18 bits per heavy atom. The van der Waals surface area contributed by atoms with Gasteiger partial charge in [-0.05, 0) is 48.7 Å². The SMILES string of the molecule is CCOC(=O)c1nc(-c2cc3cc[nH]c(=O)c3c(Nc3ccc(N4CCOCC4)cc3)n2)cs1. The molecule has 2 N–H and O–H groups in total. The van der Waals surface area contributed by atoms with E-state index in [2.05, 4.69) is 20.2 Å². The van der Waals surface area contributed by atoms with Crippen molar-refractivity contribution >= 4 is 45.3 Å². The number of nitrogens with zero attached hydrogens (tertiary/aromatic N) is 3. The van der Waals surface area contributed by atoms with E-state index in [0.29, 0.717) is 28.0 Å². The summed E-state index contributed by atoms with van der Waals surface area (Å²) in [4.78, 5) is 38.7. The molecular formula is C24H23N5O4S. The molecule has 0 saturated carbocycles. The van der Waals surface area contributed by atoms with Gasteiger partial charge in [0, 0.05) is 36.0 Å². The van der Waals surface area contributed by atoms with Crippen LogP contribution < -0.4 is 15.8 Å². The number of anilines is 3. The summed E-state index contributed by atoms with van der Waals surface area (Å²) < 4.78 is 10.5. The van der Waals surface area contributed by atoms with E-state index in [4.69, 9.17) is 14.5 Å². The lowest BCUT2D eigenvalue weighted by Crippen LogP contribution is -2.36. The number of nitrogens with one attached hydrogen (secondary N) is 2. The van der Waals surface area contributed by atoms with Gasteiger partial charge in [-0.1, -0.05) is 0 Å². The number of H-pyrrole nitrogens is 1. The normalized spacial score (nSPS) is 13.7. The number of carbonyl (C=O) groups is 1. The highest BCUT2D eigenvalue weighted by atomic mass is 32.1. The van der Waals surface area contributed by atoms with Gasteiger partial charge >= 0.3 is 5.97 Å². The summed E-state index contributed by atoms with van der Waals surface area (Å²) >= 11 is 1.20. The molecule has 4 heterocycles. The molecule has 0 aliphatic carbocycles. The number of aromatic nitrogens is 3. The molecule has 1 aromatic carbocycles. The molecule has 3 aromatic heterocycles. The van der Waals surface area contributed by atoms with Gasteiger partial charge in [-0.25, -0.2) is 14.8 Å². The number of carbonyl (C=O) groups excluding carboxylic acids is 1. The Kier molecular flexibility index (Phi) is 6.24. The standard InChI is InChI=1S/C24H23N5O4S/c1-2-33-24(31)23-28-19(14-34-23)18-13-15-7-8-25-22(30)20(15)21(27-18)26-16-3-5-17(6-4-16)29-9-11-32-12-10-29/h3-8,13-14H,2,9-12H2,1H3,(H,25,30)(H,26,27). The first-order valence-electron chi connectivity index (χ1n) is 11.0. The fourth-order valence-corrected chi connectivity index (χ4v) is 4.53. The molecule has 1 aliphatic heterocycles. The van der Waals surface area contributed by atoms with Crippen molar-refractivity contribution in [2.45, 2.75) is 6.92 Å². The van der Waals surface area contributed by atoms with E-state index < -0.39 is 5.97 Å². The molecule has 1 saturated heterocycles. The van der Waals surface area contributed by atoms with Crippen LogP contribution in [-0.4, -0.2) is 53.8 Å². The molecule has 1 aliphatic rings. The Hall–Kier alpha value is -3.76. The molecule has 1 fully saturated rings. The van der Waals surface area contributed by atoms with Gasteiger partial charge in [0.2, 0.25) is 5.01 Å². The van der Waals surface area contributed by atoms with Gasteiger partial charge in [0.25, 0.3) is 5.56 Å². The predicted molar refractivity (Wildman–Crippen MR) is 132 cm³/mol. The van der Waals surface area contributed by atoms with Gasteiger partial charge in [-0.2, -0.15) is 0 Å². The number of ether oxygens (including phenoxy) is 2. The van der Waals surface area contributed by atoms with Crippen molar-refractivity contribution in [3.05, 3.63) is 63.3 Å². The summed E-state index contributed by atoms with van der Waals surface area (Å²) in [7, 11) is 0. The second kappa shape index (κ2) is 9.62. The third-order valence-corrected chi connectivity index (χ3v) is 6.30. The fourth-order valence-electron chi connectivity index (χ4n) is 3.83. The Balaban J connectivity index is 1.49. The van der Waals surface area contributed by atoms with Gasteiger partial charge in [0.1, 0.15) is 11.5 Å². The van der Waals surface area contributed by atoms with Crippen molar-refractivity contribution < 1.29 is 14.3 Å². The van der Waals surface area contributed by atoms with E-state index in [-0.39, 0.29) is 17.2 Å². The summed E-state index contributed by atoms with van der Waals surface area (Å²) in [5, 5.41) is 6.47. The molecule has 0 radical (unpaired) electrons. The summed E-state index contributed by atoms with van der Waals surface area (Å²) in [6, 6.07) is 11.6. The molecule has 0 unspecified atom stereocenters. The Morgan fingerprint density at radius 2 is 1.97 bits per heavy atom. The van der Waals surface area contributed by atoms with Crippen LogP contribution in [0.5, 0.6) is 0 Å². The predicted octanol–water partition coefficient (Wildman–Crippen LogP) is 3.80. The Labute approximate surface area is 199 Å². The van der Waals surface area contributed by atoms with Gasteiger partial charge < -0.3 is 24.7 Å². The highest BCUT2D eigenvalue weighted by molar-refractivity contribution is 7.11. The molecular weight excluding hydrogens is 454 g/mol. The first kappa shape index (κ1) is 22.1. The van der Waals surface area contributed by atoms with E-state index in [9.17, 15) is 9.59 Å². The Morgan fingerprint density at radius 3 is 2.74 bits per heavy atom. The van der Waals surface area contributed by atoms with Crippen LogP contribution in [0.4, 0.5) is 17.2 Å². The zero-order chi connectivity index (χ0) is 23.5. The number of rotatable bonds is 6. The van der Waals surface area contributed by atoms with Crippen LogP contribution in [-0.2, 0) is 9.47 Å². The smallest absolute Gasteiger partial charge is 0.367 e. The maximum absolute atomic E-state index is 12.6. The second-order valence-corrected chi connectivity index (χ2v) is 8.51. The number of morpholine rings is 1. The number of hydrogen-bond donors (Lipinski definition) is 2. The van der Waals surface area contributed by atoms with E-state index in [1.54, 1.807) is 24.6 Å². The maximum atomic E-state index is 12.6. The minimum atomic E-state index is -0.463. The van der Waals surface area contributed by atoms with Crippen molar-refractivity contribution in [2.24, 2.45) is 0 Å². The number of fused-ring (bicyclic) bond motifs is 1. The molecule has 5 rings (SSSR count). The van der Waals surface area contributed by atoms with Gasteiger partial charge in [0.15, 0.2) is 0 Å². The van der Waals surface area contributed by atoms with Gasteiger partial charge in [0.05, 0.1) is 30.9 Å². The second-order valence-electron chi connectivity index (χ2n) is 7.66. The van der Waals surface area contributed by atoms with Crippen LogP contribution in [0.1, 0.15) is 16.7 Å². The van der Waals surface area contributed by atoms with Gasteiger partial charge in [-0.15, -0.1) is 11.3 Å². The summed E-state index contributed by atoms with van der Waals surface area (Å²) in [6.45, 7) is 5.19. The lowest BCUT2D eigenvalue weighted by atomic mass is 10.1. The van der Waals surface area contributed by atoms with E-state index in [1.165, 1.54) is 11.3 Å².